The molecule has 1 aromatic rings. The molecule has 0 radical (unpaired) electrons. The van der Waals surface area contributed by atoms with E-state index in [0.29, 0.717) is 31.3 Å². The van der Waals surface area contributed by atoms with Crippen LogP contribution in [-0.2, 0) is 9.47 Å². The molecule has 1 amide bonds. The van der Waals surface area contributed by atoms with Gasteiger partial charge in [0.15, 0.2) is 0 Å². The Hall–Kier alpha value is -1.44. The molecule has 2 aliphatic heterocycles. The fraction of sp³-hybridized carbons (Fsp3) is 0.765. The molecule has 1 unspecified atom stereocenters. The van der Waals surface area contributed by atoms with Crippen LogP contribution in [0.4, 0.5) is 0 Å². The van der Waals surface area contributed by atoms with E-state index in [9.17, 15) is 4.79 Å². The zero-order valence-corrected chi connectivity index (χ0v) is 14.9. The number of nitrogens with zero attached hydrogens (tertiary/aromatic N) is 4. The van der Waals surface area contributed by atoms with Gasteiger partial charge in [-0.15, -0.1) is 0 Å². The summed E-state index contributed by atoms with van der Waals surface area (Å²) in [6, 6.07) is 0.339. The van der Waals surface area contributed by atoms with Crippen LogP contribution in [-0.4, -0.2) is 85.1 Å². The number of hydrogen-bond acceptors (Lipinski definition) is 5. The molecule has 7 nitrogen and oxygen atoms in total. The van der Waals surface area contributed by atoms with E-state index < -0.39 is 0 Å². The van der Waals surface area contributed by atoms with Crippen molar-refractivity contribution >= 4 is 5.91 Å². The molecule has 2 aliphatic rings. The maximum atomic E-state index is 12.9. The van der Waals surface area contributed by atoms with E-state index in [0.717, 1.165) is 38.3 Å². The van der Waals surface area contributed by atoms with Gasteiger partial charge in [-0.05, 0) is 33.9 Å². The van der Waals surface area contributed by atoms with E-state index in [1.54, 1.807) is 6.20 Å². The first-order chi connectivity index (χ1) is 11.6. The highest BCUT2D eigenvalue weighted by Gasteiger charge is 2.28. The fourth-order valence-electron chi connectivity index (χ4n) is 3.52. The summed E-state index contributed by atoms with van der Waals surface area (Å²) in [7, 11) is 4.04. The van der Waals surface area contributed by atoms with Crippen LogP contribution in [0.15, 0.2) is 6.20 Å². The van der Waals surface area contributed by atoms with Crippen LogP contribution >= 0.6 is 0 Å². The number of hydrogen-bond donors (Lipinski definition) is 0. The molecule has 2 saturated heterocycles. The number of carbonyl (C=O) groups excluding carboxylic acids is 1. The number of morpholine rings is 1. The summed E-state index contributed by atoms with van der Waals surface area (Å²) in [4.78, 5) is 16.9. The minimum Gasteiger partial charge on any atom is -0.381 e. The highest BCUT2D eigenvalue weighted by Crippen LogP contribution is 2.24. The van der Waals surface area contributed by atoms with E-state index in [2.05, 4.69) is 10.00 Å². The van der Waals surface area contributed by atoms with Gasteiger partial charge >= 0.3 is 0 Å². The Bertz CT molecular complexity index is 566. The summed E-state index contributed by atoms with van der Waals surface area (Å²) < 4.78 is 13.2. The molecular weight excluding hydrogens is 308 g/mol. The third-order valence-corrected chi connectivity index (χ3v) is 4.81. The van der Waals surface area contributed by atoms with Gasteiger partial charge in [0.2, 0.25) is 0 Å². The molecule has 0 N–H and O–H groups in total. The molecule has 134 valence electrons. The largest absolute Gasteiger partial charge is 0.381 e. The van der Waals surface area contributed by atoms with Crippen molar-refractivity contribution in [3.8, 4) is 0 Å². The molecule has 1 atom stereocenters. The molecule has 0 saturated carbocycles. The lowest BCUT2D eigenvalue weighted by Crippen LogP contribution is -2.48. The number of amides is 1. The van der Waals surface area contributed by atoms with E-state index in [-0.39, 0.29) is 12.0 Å². The van der Waals surface area contributed by atoms with Gasteiger partial charge in [0.05, 0.1) is 30.5 Å². The molecule has 2 fully saturated rings. The Balaban J connectivity index is 1.69. The lowest BCUT2D eigenvalue weighted by atomic mass is 10.1. The number of carbonyl (C=O) groups is 1. The zero-order chi connectivity index (χ0) is 17.1. The summed E-state index contributed by atoms with van der Waals surface area (Å²) in [6.45, 7) is 6.23. The molecule has 1 aromatic heterocycles. The Morgan fingerprint density at radius 3 is 2.79 bits per heavy atom. The lowest BCUT2D eigenvalue weighted by molar-refractivity contribution is -0.0306. The maximum Gasteiger partial charge on any atom is 0.257 e. The standard InChI is InChI=1S/C17H28N4O3/c1-13-16(10-18-21(13)14-4-7-23-8-5-14)17(22)20-6-9-24-15(12-20)11-19(2)3/h10,14-15H,4-9,11-12H2,1-3H3. The van der Waals surface area contributed by atoms with Gasteiger partial charge in [0.25, 0.3) is 5.91 Å². The van der Waals surface area contributed by atoms with Gasteiger partial charge < -0.3 is 19.3 Å². The average Bonchev–Trinajstić information content (AvgIpc) is 2.96. The van der Waals surface area contributed by atoms with E-state index in [4.69, 9.17) is 9.47 Å². The molecule has 0 bridgehead atoms. The van der Waals surface area contributed by atoms with Crippen molar-refractivity contribution in [2.75, 3.05) is 53.6 Å². The zero-order valence-electron chi connectivity index (χ0n) is 14.9. The number of aromatic nitrogens is 2. The molecule has 7 heteroatoms. The number of ether oxygens (including phenoxy) is 2. The van der Waals surface area contributed by atoms with Crippen molar-refractivity contribution in [2.24, 2.45) is 0 Å². The van der Waals surface area contributed by atoms with Crippen LogP contribution in [0.3, 0.4) is 0 Å². The van der Waals surface area contributed by atoms with Gasteiger partial charge in [-0.1, -0.05) is 0 Å². The highest BCUT2D eigenvalue weighted by molar-refractivity contribution is 5.95. The Labute approximate surface area is 143 Å². The van der Waals surface area contributed by atoms with Crippen molar-refractivity contribution in [1.82, 2.24) is 19.6 Å². The average molecular weight is 336 g/mol. The van der Waals surface area contributed by atoms with Gasteiger partial charge in [0.1, 0.15) is 0 Å². The van der Waals surface area contributed by atoms with E-state index in [1.807, 2.05) is 30.6 Å². The third kappa shape index (κ3) is 3.79. The van der Waals surface area contributed by atoms with E-state index in [1.165, 1.54) is 0 Å². The summed E-state index contributed by atoms with van der Waals surface area (Å²) in [5.74, 6) is 0.0675. The minimum absolute atomic E-state index is 0.0675. The van der Waals surface area contributed by atoms with Crippen LogP contribution in [0.25, 0.3) is 0 Å². The van der Waals surface area contributed by atoms with Crippen LogP contribution < -0.4 is 0 Å². The molecule has 0 aromatic carbocycles. The molecule has 3 heterocycles. The molecule has 24 heavy (non-hydrogen) atoms. The monoisotopic (exact) mass is 336 g/mol. The molecule has 0 aliphatic carbocycles. The van der Waals surface area contributed by atoms with Gasteiger partial charge in [-0.25, -0.2) is 0 Å². The number of rotatable bonds is 4. The predicted octanol–water partition coefficient (Wildman–Crippen LogP) is 0.946. The maximum absolute atomic E-state index is 12.9. The molecule has 3 rings (SSSR count). The van der Waals surface area contributed by atoms with Crippen LogP contribution in [0.5, 0.6) is 0 Å². The topological polar surface area (TPSA) is 59.8 Å². The second kappa shape index (κ2) is 7.63. The number of likely N-dealkylation sites (N-methyl/N-ethyl adjacent to an activating group) is 1. The quantitative estimate of drug-likeness (QED) is 0.819. The van der Waals surface area contributed by atoms with Crippen molar-refractivity contribution < 1.29 is 14.3 Å². The summed E-state index contributed by atoms with van der Waals surface area (Å²) >= 11 is 0. The molecule has 0 spiro atoms. The highest BCUT2D eigenvalue weighted by atomic mass is 16.5. The van der Waals surface area contributed by atoms with Crippen molar-refractivity contribution in [1.29, 1.82) is 0 Å². The fourth-order valence-corrected chi connectivity index (χ4v) is 3.52. The third-order valence-electron chi connectivity index (χ3n) is 4.81. The Kier molecular flexibility index (Phi) is 5.53. The first-order valence-electron chi connectivity index (χ1n) is 8.73. The van der Waals surface area contributed by atoms with Gasteiger partial charge in [0, 0.05) is 38.5 Å². The van der Waals surface area contributed by atoms with Crippen molar-refractivity contribution in [3.63, 3.8) is 0 Å². The van der Waals surface area contributed by atoms with Crippen LogP contribution in [0, 0.1) is 6.92 Å². The first kappa shape index (κ1) is 17.4. The minimum atomic E-state index is 0.0675. The van der Waals surface area contributed by atoms with Crippen molar-refractivity contribution in [2.45, 2.75) is 31.9 Å². The predicted molar refractivity (Wildman–Crippen MR) is 90.3 cm³/mol. The van der Waals surface area contributed by atoms with E-state index >= 15 is 0 Å². The van der Waals surface area contributed by atoms with Crippen LogP contribution in [0.2, 0.25) is 0 Å². The van der Waals surface area contributed by atoms with Gasteiger partial charge in [-0.3, -0.25) is 9.48 Å². The Morgan fingerprint density at radius 2 is 2.08 bits per heavy atom. The SMILES string of the molecule is Cc1c(C(=O)N2CCOC(CN(C)C)C2)cnn1C1CCOCC1. The smallest absolute Gasteiger partial charge is 0.257 e. The van der Waals surface area contributed by atoms with Crippen molar-refractivity contribution in [3.05, 3.63) is 17.5 Å². The lowest BCUT2D eigenvalue weighted by Gasteiger charge is -2.34. The van der Waals surface area contributed by atoms with Gasteiger partial charge in [-0.2, -0.15) is 5.10 Å². The summed E-state index contributed by atoms with van der Waals surface area (Å²) in [5, 5.41) is 4.50. The normalized spacial score (nSPS) is 23.0. The Morgan fingerprint density at radius 1 is 1.33 bits per heavy atom. The second-order valence-corrected chi connectivity index (χ2v) is 6.94. The molecular formula is C17H28N4O3. The first-order valence-corrected chi connectivity index (χ1v) is 8.73. The summed E-state index contributed by atoms with van der Waals surface area (Å²) in [6.07, 6.45) is 3.71. The van der Waals surface area contributed by atoms with Crippen LogP contribution in [0.1, 0.15) is 34.9 Å². The second-order valence-electron chi connectivity index (χ2n) is 6.94. The summed E-state index contributed by atoms with van der Waals surface area (Å²) in [5.41, 5.74) is 1.68.